The highest BCUT2D eigenvalue weighted by Gasteiger charge is 2.35. The van der Waals surface area contributed by atoms with Gasteiger partial charge >= 0.3 is 6.18 Å². The van der Waals surface area contributed by atoms with Crippen LogP contribution in [0.15, 0.2) is 0 Å². The average molecular weight is 170 g/mol. The lowest BCUT2D eigenvalue weighted by Crippen LogP contribution is -2.37. The third-order valence-electron chi connectivity index (χ3n) is 1.39. The topological polar surface area (TPSA) is 52.0 Å². The first-order chi connectivity index (χ1) is 4.98. The van der Waals surface area contributed by atoms with Gasteiger partial charge in [0, 0.05) is 0 Å². The van der Waals surface area contributed by atoms with Crippen LogP contribution >= 0.6 is 0 Å². The first-order valence-electron chi connectivity index (χ1n) is 3.51. The third kappa shape index (κ3) is 5.03. The van der Waals surface area contributed by atoms with E-state index in [1.54, 1.807) is 0 Å². The van der Waals surface area contributed by atoms with Gasteiger partial charge in [0.2, 0.25) is 0 Å². The number of nitrogens with two attached hydrogens (primary N) is 2. The molecule has 0 aliphatic rings. The summed E-state index contributed by atoms with van der Waals surface area (Å²) in [5.41, 5.74) is 9.93. The summed E-state index contributed by atoms with van der Waals surface area (Å²) in [4.78, 5) is 0. The van der Waals surface area contributed by atoms with Crippen LogP contribution in [0, 0.1) is 0 Å². The second-order valence-corrected chi connectivity index (χ2v) is 2.43. The summed E-state index contributed by atoms with van der Waals surface area (Å²) in [6.07, 6.45) is -3.24. The van der Waals surface area contributed by atoms with Gasteiger partial charge in [-0.2, -0.15) is 13.2 Å². The minimum Gasteiger partial charge on any atom is -0.330 e. The molecule has 0 aromatic rings. The molecule has 0 saturated carbocycles. The fraction of sp³-hybridized carbons (Fsp3) is 1.00. The van der Waals surface area contributed by atoms with Crippen molar-refractivity contribution in [2.45, 2.75) is 31.5 Å². The van der Waals surface area contributed by atoms with E-state index in [1.807, 2.05) is 0 Å². The summed E-state index contributed by atoms with van der Waals surface area (Å²) in [6, 6.07) is -1.69. The highest BCUT2D eigenvalue weighted by molar-refractivity contribution is 4.69. The van der Waals surface area contributed by atoms with Crippen LogP contribution in [0.5, 0.6) is 0 Å². The predicted molar refractivity (Wildman–Crippen MR) is 36.9 cm³/mol. The standard InChI is InChI=1S/C6H13F3N2/c7-6(8,9)5(11)3-1-2-4-10/h5H,1-4,10-11H2. The van der Waals surface area contributed by atoms with Crippen molar-refractivity contribution in [2.75, 3.05) is 6.54 Å². The Kier molecular flexibility index (Phi) is 4.44. The number of alkyl halides is 3. The SMILES string of the molecule is NCCCCC(N)C(F)(F)F. The minimum atomic E-state index is -4.26. The number of hydrogen-bond donors (Lipinski definition) is 2. The average Bonchev–Trinajstić information content (AvgIpc) is 1.86. The Labute approximate surface area is 63.7 Å². The molecule has 0 aliphatic carbocycles. The molecule has 11 heavy (non-hydrogen) atoms. The molecule has 0 amide bonds. The second kappa shape index (κ2) is 4.56. The van der Waals surface area contributed by atoms with E-state index in [9.17, 15) is 13.2 Å². The molecule has 0 bridgehead atoms. The maximum atomic E-state index is 11.7. The van der Waals surface area contributed by atoms with E-state index in [2.05, 4.69) is 0 Å². The monoisotopic (exact) mass is 170 g/mol. The Morgan fingerprint density at radius 2 is 1.73 bits per heavy atom. The van der Waals surface area contributed by atoms with Crippen LogP contribution < -0.4 is 11.5 Å². The molecule has 0 aromatic carbocycles. The molecule has 0 heterocycles. The molecular weight excluding hydrogens is 157 g/mol. The van der Waals surface area contributed by atoms with E-state index in [0.29, 0.717) is 19.4 Å². The third-order valence-corrected chi connectivity index (χ3v) is 1.39. The number of rotatable bonds is 4. The van der Waals surface area contributed by atoms with Gasteiger partial charge in [0.1, 0.15) is 6.04 Å². The van der Waals surface area contributed by atoms with Gasteiger partial charge in [-0.25, -0.2) is 0 Å². The molecule has 1 atom stereocenters. The quantitative estimate of drug-likeness (QED) is 0.618. The van der Waals surface area contributed by atoms with Gasteiger partial charge in [-0.1, -0.05) is 6.42 Å². The normalized spacial score (nSPS) is 15.0. The Morgan fingerprint density at radius 1 is 1.18 bits per heavy atom. The lowest BCUT2D eigenvalue weighted by atomic mass is 10.1. The molecule has 4 N–H and O–H groups in total. The van der Waals surface area contributed by atoms with Crippen molar-refractivity contribution < 1.29 is 13.2 Å². The molecule has 68 valence electrons. The van der Waals surface area contributed by atoms with E-state index in [-0.39, 0.29) is 6.42 Å². The van der Waals surface area contributed by atoms with E-state index in [1.165, 1.54) is 0 Å². The highest BCUT2D eigenvalue weighted by Crippen LogP contribution is 2.21. The smallest absolute Gasteiger partial charge is 0.330 e. The number of hydrogen-bond acceptors (Lipinski definition) is 2. The molecule has 0 radical (unpaired) electrons. The van der Waals surface area contributed by atoms with Gasteiger partial charge < -0.3 is 11.5 Å². The molecule has 0 saturated heterocycles. The van der Waals surface area contributed by atoms with Gasteiger partial charge in [0.15, 0.2) is 0 Å². The van der Waals surface area contributed by atoms with Gasteiger partial charge in [0.05, 0.1) is 0 Å². The van der Waals surface area contributed by atoms with E-state index < -0.39 is 12.2 Å². The predicted octanol–water partition coefficient (Wildman–Crippen LogP) is 1.01. The molecular formula is C6H13F3N2. The Morgan fingerprint density at radius 3 is 2.09 bits per heavy atom. The minimum absolute atomic E-state index is 0.0271. The van der Waals surface area contributed by atoms with E-state index in [4.69, 9.17) is 11.5 Å². The molecule has 0 aromatic heterocycles. The maximum absolute atomic E-state index is 11.7. The van der Waals surface area contributed by atoms with Crippen LogP contribution in [0.4, 0.5) is 13.2 Å². The maximum Gasteiger partial charge on any atom is 0.403 e. The van der Waals surface area contributed by atoms with Crippen molar-refractivity contribution in [3.05, 3.63) is 0 Å². The van der Waals surface area contributed by atoms with Crippen molar-refractivity contribution >= 4 is 0 Å². The lowest BCUT2D eigenvalue weighted by molar-refractivity contribution is -0.149. The summed E-state index contributed by atoms with van der Waals surface area (Å²) >= 11 is 0. The van der Waals surface area contributed by atoms with Gasteiger partial charge in [-0.3, -0.25) is 0 Å². The Hall–Kier alpha value is -0.290. The Bertz CT molecular complexity index is 102. The molecule has 0 aliphatic heterocycles. The van der Waals surface area contributed by atoms with Gasteiger partial charge in [-0.05, 0) is 19.4 Å². The molecule has 0 spiro atoms. The summed E-state index contributed by atoms with van der Waals surface area (Å²) in [5.74, 6) is 0. The van der Waals surface area contributed by atoms with Crippen LogP contribution in [0.1, 0.15) is 19.3 Å². The van der Waals surface area contributed by atoms with Crippen LogP contribution in [-0.4, -0.2) is 18.8 Å². The van der Waals surface area contributed by atoms with Crippen LogP contribution in [0.3, 0.4) is 0 Å². The first kappa shape index (κ1) is 10.7. The van der Waals surface area contributed by atoms with Gasteiger partial charge in [0.25, 0.3) is 0 Å². The van der Waals surface area contributed by atoms with Crippen LogP contribution in [0.25, 0.3) is 0 Å². The van der Waals surface area contributed by atoms with E-state index in [0.717, 1.165) is 0 Å². The summed E-state index contributed by atoms with van der Waals surface area (Å²) in [6.45, 7) is 0.421. The van der Waals surface area contributed by atoms with Crippen molar-refractivity contribution in [2.24, 2.45) is 11.5 Å². The second-order valence-electron chi connectivity index (χ2n) is 2.43. The van der Waals surface area contributed by atoms with Crippen molar-refractivity contribution in [1.82, 2.24) is 0 Å². The molecule has 1 unspecified atom stereocenters. The molecule has 0 fully saturated rings. The number of halogens is 3. The summed E-state index contributed by atoms with van der Waals surface area (Å²) in [7, 11) is 0. The van der Waals surface area contributed by atoms with Crippen LogP contribution in [-0.2, 0) is 0 Å². The van der Waals surface area contributed by atoms with Crippen molar-refractivity contribution in [3.63, 3.8) is 0 Å². The summed E-state index contributed by atoms with van der Waals surface area (Å²) in [5, 5.41) is 0. The van der Waals surface area contributed by atoms with Crippen molar-refractivity contribution in [3.8, 4) is 0 Å². The first-order valence-corrected chi connectivity index (χ1v) is 3.51. The zero-order valence-corrected chi connectivity index (χ0v) is 6.19. The summed E-state index contributed by atoms with van der Waals surface area (Å²) < 4.78 is 35.2. The van der Waals surface area contributed by atoms with E-state index >= 15 is 0 Å². The van der Waals surface area contributed by atoms with Gasteiger partial charge in [-0.15, -0.1) is 0 Å². The largest absolute Gasteiger partial charge is 0.403 e. The zero-order valence-electron chi connectivity index (χ0n) is 6.19. The lowest BCUT2D eigenvalue weighted by Gasteiger charge is -2.14. The zero-order chi connectivity index (χ0) is 8.91. The molecule has 5 heteroatoms. The fourth-order valence-electron chi connectivity index (χ4n) is 0.672. The highest BCUT2D eigenvalue weighted by atomic mass is 19.4. The molecule has 2 nitrogen and oxygen atoms in total. The fourth-order valence-corrected chi connectivity index (χ4v) is 0.672. The van der Waals surface area contributed by atoms with Crippen LogP contribution in [0.2, 0.25) is 0 Å². The number of unbranched alkanes of at least 4 members (excludes halogenated alkanes) is 1. The Balaban J connectivity index is 3.44. The van der Waals surface area contributed by atoms with Crippen molar-refractivity contribution in [1.29, 1.82) is 0 Å². The molecule has 0 rings (SSSR count).